The van der Waals surface area contributed by atoms with Crippen LogP contribution in [0.3, 0.4) is 0 Å². The summed E-state index contributed by atoms with van der Waals surface area (Å²) in [5, 5.41) is 3.33. The molecule has 0 bridgehead atoms. The van der Waals surface area contributed by atoms with Gasteiger partial charge in [0, 0.05) is 11.7 Å². The average Bonchev–Trinajstić information content (AvgIpc) is 2.33. The Morgan fingerprint density at radius 2 is 2.00 bits per heavy atom. The van der Waals surface area contributed by atoms with E-state index in [1.165, 1.54) is 12.8 Å². The van der Waals surface area contributed by atoms with Crippen LogP contribution in [0.15, 0.2) is 18.3 Å². The van der Waals surface area contributed by atoms with Crippen molar-refractivity contribution < 1.29 is 4.74 Å². The number of aromatic nitrogens is 1. The first-order valence-electron chi connectivity index (χ1n) is 6.04. The van der Waals surface area contributed by atoms with Crippen LogP contribution in [0.5, 0.6) is 5.75 Å². The molecule has 0 spiro atoms. The molecule has 1 aliphatic carbocycles. The number of hydrogen-bond donors (Lipinski definition) is 1. The second kappa shape index (κ2) is 5.30. The fraction of sp³-hybridized carbons (Fsp3) is 0.615. The maximum absolute atomic E-state index is 5.91. The van der Waals surface area contributed by atoms with Gasteiger partial charge in [0.1, 0.15) is 5.75 Å². The van der Waals surface area contributed by atoms with Crippen LogP contribution in [-0.4, -0.2) is 24.2 Å². The van der Waals surface area contributed by atoms with Crippen LogP contribution in [0, 0.1) is 6.92 Å². The Hall–Kier alpha value is -1.09. The summed E-state index contributed by atoms with van der Waals surface area (Å²) in [6, 6.07) is 4.68. The van der Waals surface area contributed by atoms with Crippen LogP contribution in [0.1, 0.15) is 31.4 Å². The first-order chi connectivity index (χ1) is 7.78. The second-order valence-electron chi connectivity index (χ2n) is 4.52. The van der Waals surface area contributed by atoms with E-state index in [0.29, 0.717) is 12.1 Å². The number of hydrogen-bond acceptors (Lipinski definition) is 3. The molecule has 1 saturated carbocycles. The first-order valence-corrected chi connectivity index (χ1v) is 6.04. The Labute approximate surface area is 97.2 Å². The van der Waals surface area contributed by atoms with Crippen molar-refractivity contribution in [3.05, 3.63) is 24.0 Å². The van der Waals surface area contributed by atoms with Gasteiger partial charge in [0.2, 0.25) is 0 Å². The molecule has 0 saturated heterocycles. The van der Waals surface area contributed by atoms with Gasteiger partial charge in [0.05, 0.1) is 12.3 Å². The van der Waals surface area contributed by atoms with Crippen LogP contribution in [0.2, 0.25) is 0 Å². The lowest BCUT2D eigenvalue weighted by atomic mass is 9.93. The summed E-state index contributed by atoms with van der Waals surface area (Å²) in [4.78, 5) is 4.24. The predicted molar refractivity (Wildman–Crippen MR) is 64.7 cm³/mol. The lowest BCUT2D eigenvalue weighted by Gasteiger charge is -2.28. The van der Waals surface area contributed by atoms with Crippen molar-refractivity contribution in [3.8, 4) is 5.75 Å². The van der Waals surface area contributed by atoms with Crippen LogP contribution in [0.25, 0.3) is 0 Å². The van der Waals surface area contributed by atoms with Gasteiger partial charge in [-0.1, -0.05) is 0 Å². The van der Waals surface area contributed by atoms with Gasteiger partial charge in [0.15, 0.2) is 0 Å². The summed E-state index contributed by atoms with van der Waals surface area (Å²) in [5.74, 6) is 0.901. The van der Waals surface area contributed by atoms with Gasteiger partial charge in [-0.05, 0) is 51.8 Å². The zero-order valence-corrected chi connectivity index (χ0v) is 10.1. The van der Waals surface area contributed by atoms with E-state index in [1.54, 1.807) is 0 Å². The van der Waals surface area contributed by atoms with Crippen molar-refractivity contribution in [1.29, 1.82) is 0 Å². The normalized spacial score (nSPS) is 25.4. The van der Waals surface area contributed by atoms with Gasteiger partial charge in [-0.15, -0.1) is 0 Å². The molecule has 2 rings (SSSR count). The van der Waals surface area contributed by atoms with E-state index >= 15 is 0 Å². The van der Waals surface area contributed by atoms with Gasteiger partial charge in [0.25, 0.3) is 0 Å². The molecule has 1 N–H and O–H groups in total. The van der Waals surface area contributed by atoms with Crippen molar-refractivity contribution in [2.75, 3.05) is 7.05 Å². The summed E-state index contributed by atoms with van der Waals surface area (Å²) < 4.78 is 5.91. The molecule has 88 valence electrons. The van der Waals surface area contributed by atoms with E-state index in [9.17, 15) is 0 Å². The molecule has 1 heterocycles. The SMILES string of the molecule is CNC1CCC(Oc2ccc(C)nc2)CC1. The summed E-state index contributed by atoms with van der Waals surface area (Å²) >= 11 is 0. The molecule has 1 fully saturated rings. The Kier molecular flexibility index (Phi) is 3.78. The molecule has 0 unspecified atom stereocenters. The van der Waals surface area contributed by atoms with E-state index in [4.69, 9.17) is 4.74 Å². The summed E-state index contributed by atoms with van der Waals surface area (Å²) in [5.41, 5.74) is 1.03. The number of nitrogens with one attached hydrogen (secondary N) is 1. The summed E-state index contributed by atoms with van der Waals surface area (Å²) in [6.45, 7) is 1.99. The largest absolute Gasteiger partial charge is 0.489 e. The second-order valence-corrected chi connectivity index (χ2v) is 4.52. The highest BCUT2D eigenvalue weighted by molar-refractivity contribution is 5.19. The van der Waals surface area contributed by atoms with Gasteiger partial charge >= 0.3 is 0 Å². The van der Waals surface area contributed by atoms with E-state index in [-0.39, 0.29) is 0 Å². The number of rotatable bonds is 3. The van der Waals surface area contributed by atoms with Gasteiger partial charge in [-0.3, -0.25) is 4.98 Å². The molecule has 0 aliphatic heterocycles. The Morgan fingerprint density at radius 1 is 1.25 bits per heavy atom. The molecule has 1 aliphatic rings. The lowest BCUT2D eigenvalue weighted by Crippen LogP contribution is -2.34. The molecule has 0 aromatic carbocycles. The minimum atomic E-state index is 0.370. The minimum Gasteiger partial charge on any atom is -0.489 e. The van der Waals surface area contributed by atoms with Crippen LogP contribution in [0.4, 0.5) is 0 Å². The zero-order chi connectivity index (χ0) is 11.4. The monoisotopic (exact) mass is 220 g/mol. The predicted octanol–water partition coefficient (Wildman–Crippen LogP) is 2.30. The Morgan fingerprint density at radius 3 is 2.56 bits per heavy atom. The molecule has 0 atom stereocenters. The van der Waals surface area contributed by atoms with E-state index in [0.717, 1.165) is 24.3 Å². The van der Waals surface area contributed by atoms with Gasteiger partial charge in [-0.2, -0.15) is 0 Å². The molecule has 0 radical (unpaired) electrons. The first kappa shape index (κ1) is 11.4. The quantitative estimate of drug-likeness (QED) is 0.848. The smallest absolute Gasteiger partial charge is 0.138 e. The van der Waals surface area contributed by atoms with Crippen LogP contribution in [-0.2, 0) is 0 Å². The highest BCUT2D eigenvalue weighted by Gasteiger charge is 2.21. The number of aryl methyl sites for hydroxylation is 1. The van der Waals surface area contributed by atoms with Gasteiger partial charge in [-0.25, -0.2) is 0 Å². The van der Waals surface area contributed by atoms with Crippen molar-refractivity contribution in [1.82, 2.24) is 10.3 Å². The van der Waals surface area contributed by atoms with Crippen LogP contribution >= 0.6 is 0 Å². The Bertz CT molecular complexity index is 315. The summed E-state index contributed by atoms with van der Waals surface area (Å²) in [7, 11) is 2.04. The molecule has 3 heteroatoms. The van der Waals surface area contributed by atoms with E-state index in [1.807, 2.05) is 32.3 Å². The maximum atomic E-state index is 5.91. The highest BCUT2D eigenvalue weighted by Crippen LogP contribution is 2.23. The molecule has 1 aromatic rings. The maximum Gasteiger partial charge on any atom is 0.138 e. The highest BCUT2D eigenvalue weighted by atomic mass is 16.5. The fourth-order valence-electron chi connectivity index (χ4n) is 2.19. The third-order valence-electron chi connectivity index (χ3n) is 3.27. The molecule has 16 heavy (non-hydrogen) atoms. The number of pyridine rings is 1. The minimum absolute atomic E-state index is 0.370. The van der Waals surface area contributed by atoms with Crippen molar-refractivity contribution in [2.24, 2.45) is 0 Å². The number of ether oxygens (including phenoxy) is 1. The molecule has 1 aromatic heterocycles. The number of nitrogens with zero attached hydrogens (tertiary/aromatic N) is 1. The van der Waals surface area contributed by atoms with Crippen molar-refractivity contribution in [3.63, 3.8) is 0 Å². The van der Waals surface area contributed by atoms with Gasteiger partial charge < -0.3 is 10.1 Å². The third-order valence-corrected chi connectivity index (χ3v) is 3.27. The summed E-state index contributed by atoms with van der Waals surface area (Å²) in [6.07, 6.45) is 6.88. The molecule has 3 nitrogen and oxygen atoms in total. The average molecular weight is 220 g/mol. The standard InChI is InChI=1S/C13H20N2O/c1-10-3-6-13(9-15-10)16-12-7-4-11(14-2)5-8-12/h3,6,9,11-12,14H,4-5,7-8H2,1-2H3. The molecule has 0 amide bonds. The Balaban J connectivity index is 1.84. The topological polar surface area (TPSA) is 34.1 Å². The lowest BCUT2D eigenvalue weighted by molar-refractivity contribution is 0.141. The fourth-order valence-corrected chi connectivity index (χ4v) is 2.19. The molecular weight excluding hydrogens is 200 g/mol. The van der Waals surface area contributed by atoms with E-state index in [2.05, 4.69) is 10.3 Å². The third kappa shape index (κ3) is 2.95. The van der Waals surface area contributed by atoms with Crippen molar-refractivity contribution >= 4 is 0 Å². The molecular formula is C13H20N2O. The van der Waals surface area contributed by atoms with E-state index < -0.39 is 0 Å². The zero-order valence-electron chi connectivity index (χ0n) is 10.1. The van der Waals surface area contributed by atoms with Crippen LogP contribution < -0.4 is 10.1 Å². The van der Waals surface area contributed by atoms with Crippen molar-refractivity contribution in [2.45, 2.75) is 44.8 Å².